The fraction of sp³-hybridized carbons (Fsp3) is 0.625. The highest BCUT2D eigenvalue weighted by Crippen LogP contribution is 2.19. The van der Waals surface area contributed by atoms with E-state index >= 15 is 0 Å². The molecule has 2 heteroatoms. The van der Waals surface area contributed by atoms with Crippen molar-refractivity contribution in [2.45, 2.75) is 58.5 Å². The first kappa shape index (κ1) is 15.0. The van der Waals surface area contributed by atoms with Crippen LogP contribution in [0, 0.1) is 0 Å². The van der Waals surface area contributed by atoms with E-state index in [0.717, 1.165) is 24.3 Å². The highest BCUT2D eigenvalue weighted by molar-refractivity contribution is 5.29. The van der Waals surface area contributed by atoms with Gasteiger partial charge in [-0.05, 0) is 31.0 Å². The van der Waals surface area contributed by atoms with Gasteiger partial charge < -0.3 is 9.84 Å². The Balaban J connectivity index is 2.17. The minimum absolute atomic E-state index is 0.428. The molecule has 0 spiro atoms. The number of unbranched alkanes of at least 4 members (excludes halogenated alkanes) is 5. The van der Waals surface area contributed by atoms with Crippen LogP contribution in [-0.2, 0) is 0 Å². The van der Waals surface area contributed by atoms with Crippen LogP contribution in [0.5, 0.6) is 5.75 Å². The number of hydrogen-bond donors (Lipinski definition) is 1. The van der Waals surface area contributed by atoms with Gasteiger partial charge in [0.2, 0.25) is 0 Å². The van der Waals surface area contributed by atoms with Crippen LogP contribution in [0.25, 0.3) is 0 Å². The molecule has 0 aliphatic heterocycles. The maximum atomic E-state index is 9.48. The molecule has 1 atom stereocenters. The molecule has 0 unspecified atom stereocenters. The Kier molecular flexibility index (Phi) is 7.51. The van der Waals surface area contributed by atoms with Gasteiger partial charge in [0.05, 0.1) is 12.7 Å². The molecular formula is C16H26O2. The predicted octanol–water partition coefficient (Wildman–Crippen LogP) is 4.48. The van der Waals surface area contributed by atoms with Crippen molar-refractivity contribution in [2.24, 2.45) is 0 Å². The zero-order chi connectivity index (χ0) is 13.2. The van der Waals surface area contributed by atoms with Crippen molar-refractivity contribution in [2.75, 3.05) is 6.61 Å². The highest BCUT2D eigenvalue weighted by Gasteiger charge is 2.01. The van der Waals surface area contributed by atoms with Crippen LogP contribution >= 0.6 is 0 Å². The van der Waals surface area contributed by atoms with Gasteiger partial charge in [0.15, 0.2) is 0 Å². The summed E-state index contributed by atoms with van der Waals surface area (Å²) in [6.07, 6.45) is 7.22. The second kappa shape index (κ2) is 8.98. The number of ether oxygens (including phenoxy) is 1. The Bertz CT molecular complexity index is 321. The second-order valence-electron chi connectivity index (χ2n) is 4.86. The highest BCUT2D eigenvalue weighted by atomic mass is 16.5. The number of aliphatic hydroxyl groups excluding tert-OH is 1. The predicted molar refractivity (Wildman–Crippen MR) is 75.9 cm³/mol. The Morgan fingerprint density at radius 3 is 2.56 bits per heavy atom. The van der Waals surface area contributed by atoms with Gasteiger partial charge in [-0.15, -0.1) is 0 Å². The molecule has 2 nitrogen and oxygen atoms in total. The first-order chi connectivity index (χ1) is 8.74. The summed E-state index contributed by atoms with van der Waals surface area (Å²) >= 11 is 0. The summed E-state index contributed by atoms with van der Waals surface area (Å²) in [6, 6.07) is 7.71. The zero-order valence-corrected chi connectivity index (χ0v) is 11.7. The molecule has 0 aliphatic rings. The Labute approximate surface area is 111 Å². The summed E-state index contributed by atoms with van der Waals surface area (Å²) in [5.41, 5.74) is 0.912. The van der Waals surface area contributed by atoms with Crippen LogP contribution < -0.4 is 4.74 Å². The number of hydrogen-bond acceptors (Lipinski definition) is 2. The van der Waals surface area contributed by atoms with Crippen molar-refractivity contribution in [3.63, 3.8) is 0 Å². The Morgan fingerprint density at radius 2 is 1.83 bits per heavy atom. The molecule has 0 amide bonds. The van der Waals surface area contributed by atoms with Gasteiger partial charge in [0.1, 0.15) is 5.75 Å². The van der Waals surface area contributed by atoms with Crippen molar-refractivity contribution in [1.29, 1.82) is 0 Å². The quantitative estimate of drug-likeness (QED) is 0.655. The third kappa shape index (κ3) is 6.06. The van der Waals surface area contributed by atoms with Gasteiger partial charge in [-0.2, -0.15) is 0 Å². The molecular weight excluding hydrogens is 224 g/mol. The van der Waals surface area contributed by atoms with Crippen LogP contribution in [0.3, 0.4) is 0 Å². The molecule has 0 heterocycles. The minimum Gasteiger partial charge on any atom is -0.494 e. The van der Waals surface area contributed by atoms with Crippen molar-refractivity contribution in [3.8, 4) is 5.75 Å². The van der Waals surface area contributed by atoms with E-state index in [1.54, 1.807) is 6.92 Å². The van der Waals surface area contributed by atoms with Gasteiger partial charge in [-0.1, -0.05) is 51.2 Å². The summed E-state index contributed by atoms with van der Waals surface area (Å²) in [6.45, 7) is 4.78. The van der Waals surface area contributed by atoms with E-state index in [-0.39, 0.29) is 0 Å². The lowest BCUT2D eigenvalue weighted by Crippen LogP contribution is -1.98. The van der Waals surface area contributed by atoms with Crippen molar-refractivity contribution < 1.29 is 9.84 Å². The maximum Gasteiger partial charge on any atom is 0.119 e. The number of rotatable bonds is 9. The second-order valence-corrected chi connectivity index (χ2v) is 4.86. The fourth-order valence-electron chi connectivity index (χ4n) is 1.94. The average molecular weight is 250 g/mol. The zero-order valence-electron chi connectivity index (χ0n) is 11.7. The first-order valence-corrected chi connectivity index (χ1v) is 7.15. The molecule has 0 saturated carbocycles. The van der Waals surface area contributed by atoms with Crippen LogP contribution in [0.4, 0.5) is 0 Å². The Hall–Kier alpha value is -1.02. The van der Waals surface area contributed by atoms with E-state index in [9.17, 15) is 5.11 Å². The fourth-order valence-corrected chi connectivity index (χ4v) is 1.94. The van der Waals surface area contributed by atoms with Crippen molar-refractivity contribution in [3.05, 3.63) is 29.8 Å². The molecule has 0 bridgehead atoms. The summed E-state index contributed by atoms with van der Waals surface area (Å²) < 4.78 is 5.69. The van der Waals surface area contributed by atoms with Crippen LogP contribution in [0.1, 0.15) is 64.0 Å². The summed E-state index contributed by atoms with van der Waals surface area (Å²) in [5.74, 6) is 0.863. The Morgan fingerprint density at radius 1 is 1.11 bits per heavy atom. The summed E-state index contributed by atoms with van der Waals surface area (Å²) in [4.78, 5) is 0. The third-order valence-electron chi connectivity index (χ3n) is 3.11. The van der Waals surface area contributed by atoms with Gasteiger partial charge in [0, 0.05) is 0 Å². The lowest BCUT2D eigenvalue weighted by Gasteiger charge is -2.09. The SMILES string of the molecule is CCCCCCCCOc1cccc([C@H](C)O)c1. The average Bonchev–Trinajstić information content (AvgIpc) is 2.38. The van der Waals surface area contributed by atoms with E-state index in [0.29, 0.717) is 0 Å². The number of aliphatic hydroxyl groups is 1. The summed E-state index contributed by atoms with van der Waals surface area (Å²) in [7, 11) is 0. The van der Waals surface area contributed by atoms with Gasteiger partial charge in [-0.25, -0.2) is 0 Å². The van der Waals surface area contributed by atoms with Gasteiger partial charge >= 0.3 is 0 Å². The van der Waals surface area contributed by atoms with Crippen LogP contribution in [0.2, 0.25) is 0 Å². The molecule has 102 valence electrons. The molecule has 0 saturated heterocycles. The smallest absolute Gasteiger partial charge is 0.119 e. The monoisotopic (exact) mass is 250 g/mol. The molecule has 1 N–H and O–H groups in total. The molecule has 1 aromatic rings. The van der Waals surface area contributed by atoms with Crippen molar-refractivity contribution >= 4 is 0 Å². The van der Waals surface area contributed by atoms with E-state index in [4.69, 9.17) is 4.74 Å². The molecule has 0 radical (unpaired) electrons. The third-order valence-corrected chi connectivity index (χ3v) is 3.11. The largest absolute Gasteiger partial charge is 0.494 e. The van der Waals surface area contributed by atoms with E-state index in [1.807, 2.05) is 24.3 Å². The molecule has 18 heavy (non-hydrogen) atoms. The van der Waals surface area contributed by atoms with Gasteiger partial charge in [0.25, 0.3) is 0 Å². The molecule has 1 aromatic carbocycles. The van der Waals surface area contributed by atoms with Crippen LogP contribution in [0.15, 0.2) is 24.3 Å². The minimum atomic E-state index is -0.428. The standard InChI is InChI=1S/C16H26O2/c1-3-4-5-6-7-8-12-18-16-11-9-10-15(13-16)14(2)17/h9-11,13-14,17H,3-8,12H2,1-2H3/t14-/m0/s1. The summed E-state index contributed by atoms with van der Waals surface area (Å²) in [5, 5.41) is 9.48. The van der Waals surface area contributed by atoms with Crippen molar-refractivity contribution in [1.82, 2.24) is 0 Å². The lowest BCUT2D eigenvalue weighted by molar-refractivity contribution is 0.198. The van der Waals surface area contributed by atoms with E-state index in [1.165, 1.54) is 32.1 Å². The normalized spacial score (nSPS) is 12.4. The van der Waals surface area contributed by atoms with Crippen LogP contribution in [-0.4, -0.2) is 11.7 Å². The molecule has 0 aliphatic carbocycles. The lowest BCUT2D eigenvalue weighted by atomic mass is 10.1. The molecule has 0 fully saturated rings. The van der Waals surface area contributed by atoms with E-state index < -0.39 is 6.10 Å². The number of benzene rings is 1. The maximum absolute atomic E-state index is 9.48. The van der Waals surface area contributed by atoms with Gasteiger partial charge in [-0.3, -0.25) is 0 Å². The van der Waals surface area contributed by atoms with E-state index in [2.05, 4.69) is 6.92 Å². The topological polar surface area (TPSA) is 29.5 Å². The molecule has 1 rings (SSSR count). The molecule has 0 aromatic heterocycles. The first-order valence-electron chi connectivity index (χ1n) is 7.15.